The summed E-state index contributed by atoms with van der Waals surface area (Å²) in [6.07, 6.45) is 0. The van der Waals surface area contributed by atoms with Gasteiger partial charge in [0, 0.05) is 11.4 Å². The Morgan fingerprint density at radius 1 is 1.45 bits per heavy atom. The molecule has 1 aromatic carbocycles. The SMILES string of the molecule is CC(=O)N(N)c1nc(-c2c(Cl)cccc2Br)[nH]c(=O)n1. The minimum absolute atomic E-state index is 0.161. The van der Waals surface area contributed by atoms with Crippen LogP contribution in [0.5, 0.6) is 0 Å². The summed E-state index contributed by atoms with van der Waals surface area (Å²) in [6, 6.07) is 5.13. The van der Waals surface area contributed by atoms with E-state index < -0.39 is 11.6 Å². The summed E-state index contributed by atoms with van der Waals surface area (Å²) in [6.45, 7) is 1.23. The number of amides is 1. The van der Waals surface area contributed by atoms with Crippen LogP contribution in [0.15, 0.2) is 27.5 Å². The number of hydrazine groups is 1. The van der Waals surface area contributed by atoms with Gasteiger partial charge in [0.1, 0.15) is 5.82 Å². The minimum Gasteiger partial charge on any atom is -0.290 e. The molecule has 1 aromatic heterocycles. The molecule has 1 amide bonds. The predicted octanol–water partition coefficient (Wildman–Crippen LogP) is 1.47. The van der Waals surface area contributed by atoms with Gasteiger partial charge in [-0.15, -0.1) is 0 Å². The number of halogens is 2. The first-order valence-electron chi connectivity index (χ1n) is 5.38. The second-order valence-corrected chi connectivity index (χ2v) is 5.05. The van der Waals surface area contributed by atoms with Crippen LogP contribution >= 0.6 is 27.5 Å². The molecule has 20 heavy (non-hydrogen) atoms. The molecule has 3 N–H and O–H groups in total. The first-order chi connectivity index (χ1) is 9.40. The number of nitrogens with zero attached hydrogens (tertiary/aromatic N) is 3. The Balaban J connectivity index is 2.64. The highest BCUT2D eigenvalue weighted by molar-refractivity contribution is 9.10. The molecule has 2 aromatic rings. The second kappa shape index (κ2) is 5.70. The van der Waals surface area contributed by atoms with Crippen LogP contribution in [0.4, 0.5) is 5.95 Å². The van der Waals surface area contributed by atoms with Crippen molar-refractivity contribution in [1.82, 2.24) is 15.0 Å². The maximum Gasteiger partial charge on any atom is 0.349 e. The number of nitrogens with two attached hydrogens (primary N) is 1. The lowest BCUT2D eigenvalue weighted by molar-refractivity contribution is -0.116. The molecule has 0 fully saturated rings. The number of hydrogen-bond acceptors (Lipinski definition) is 5. The maximum atomic E-state index is 11.6. The highest BCUT2D eigenvalue weighted by Crippen LogP contribution is 2.32. The lowest BCUT2D eigenvalue weighted by Gasteiger charge is -2.13. The van der Waals surface area contributed by atoms with Gasteiger partial charge in [0.25, 0.3) is 5.95 Å². The first-order valence-corrected chi connectivity index (χ1v) is 6.55. The molecular formula is C11H9BrClN5O2. The molecule has 0 aliphatic heterocycles. The van der Waals surface area contributed by atoms with Crippen LogP contribution < -0.4 is 16.5 Å². The molecule has 1 heterocycles. The Morgan fingerprint density at radius 2 is 2.15 bits per heavy atom. The lowest BCUT2D eigenvalue weighted by atomic mass is 10.2. The van der Waals surface area contributed by atoms with Gasteiger partial charge in [-0.3, -0.25) is 9.78 Å². The molecule has 0 spiro atoms. The molecule has 0 saturated heterocycles. The standard InChI is InChI=1S/C11H9BrClN5O2/c1-5(19)18(14)10-15-9(16-11(20)17-10)8-6(12)3-2-4-7(8)13/h2-4H,14H2,1H3,(H,15,16,17,20). The van der Waals surface area contributed by atoms with Crippen molar-refractivity contribution in [2.75, 3.05) is 5.01 Å². The van der Waals surface area contributed by atoms with Crippen LogP contribution in [0.25, 0.3) is 11.4 Å². The van der Waals surface area contributed by atoms with E-state index in [0.717, 1.165) is 0 Å². The molecule has 104 valence electrons. The van der Waals surface area contributed by atoms with Crippen molar-refractivity contribution in [2.24, 2.45) is 5.84 Å². The number of benzene rings is 1. The smallest absolute Gasteiger partial charge is 0.290 e. The molecule has 0 aliphatic rings. The molecule has 0 atom stereocenters. The number of carbonyl (C=O) groups excluding carboxylic acids is 1. The summed E-state index contributed by atoms with van der Waals surface area (Å²) in [7, 11) is 0. The number of hydrogen-bond donors (Lipinski definition) is 2. The van der Waals surface area contributed by atoms with Gasteiger partial charge >= 0.3 is 5.69 Å². The number of rotatable bonds is 2. The van der Waals surface area contributed by atoms with E-state index in [1.807, 2.05) is 0 Å². The Labute approximate surface area is 126 Å². The minimum atomic E-state index is -0.687. The zero-order chi connectivity index (χ0) is 14.9. The van der Waals surface area contributed by atoms with Gasteiger partial charge in [-0.1, -0.05) is 17.7 Å². The Hall–Kier alpha value is -1.77. The van der Waals surface area contributed by atoms with Crippen molar-refractivity contribution in [1.29, 1.82) is 0 Å². The Bertz CT molecular complexity index is 713. The van der Waals surface area contributed by atoms with E-state index in [1.54, 1.807) is 18.2 Å². The van der Waals surface area contributed by atoms with E-state index >= 15 is 0 Å². The summed E-state index contributed by atoms with van der Waals surface area (Å²) in [5, 5.41) is 1.06. The van der Waals surface area contributed by atoms with Crippen molar-refractivity contribution in [3.63, 3.8) is 0 Å². The number of carbonyl (C=O) groups is 1. The number of anilines is 1. The van der Waals surface area contributed by atoms with E-state index in [0.29, 0.717) is 20.1 Å². The van der Waals surface area contributed by atoms with E-state index in [4.69, 9.17) is 17.4 Å². The molecule has 0 bridgehead atoms. The van der Waals surface area contributed by atoms with Crippen molar-refractivity contribution in [2.45, 2.75) is 6.92 Å². The second-order valence-electron chi connectivity index (χ2n) is 3.79. The third-order valence-corrected chi connectivity index (χ3v) is 3.37. The number of aromatic nitrogens is 3. The quantitative estimate of drug-likeness (QED) is 0.480. The van der Waals surface area contributed by atoms with Gasteiger partial charge in [0.05, 0.1) is 10.6 Å². The van der Waals surface area contributed by atoms with E-state index in [2.05, 4.69) is 30.9 Å². The summed E-state index contributed by atoms with van der Waals surface area (Å²) in [4.78, 5) is 32.8. The fourth-order valence-corrected chi connectivity index (χ4v) is 2.40. The van der Waals surface area contributed by atoms with Crippen molar-refractivity contribution >= 4 is 39.4 Å². The van der Waals surface area contributed by atoms with Gasteiger partial charge < -0.3 is 0 Å². The average Bonchev–Trinajstić information content (AvgIpc) is 2.36. The van der Waals surface area contributed by atoms with Crippen LogP contribution in [0.2, 0.25) is 5.02 Å². The highest BCUT2D eigenvalue weighted by Gasteiger charge is 2.16. The fourth-order valence-electron chi connectivity index (χ4n) is 1.46. The summed E-state index contributed by atoms with van der Waals surface area (Å²) in [5.74, 6) is 4.95. The van der Waals surface area contributed by atoms with Crippen LogP contribution in [0, 0.1) is 0 Å². The maximum absolute atomic E-state index is 11.6. The summed E-state index contributed by atoms with van der Waals surface area (Å²) in [5.41, 5.74) is -0.208. The Morgan fingerprint density at radius 3 is 2.75 bits per heavy atom. The van der Waals surface area contributed by atoms with Gasteiger partial charge in [-0.25, -0.2) is 15.6 Å². The molecule has 2 rings (SSSR count). The topological polar surface area (TPSA) is 105 Å². The highest BCUT2D eigenvalue weighted by atomic mass is 79.9. The van der Waals surface area contributed by atoms with Crippen LogP contribution in [-0.2, 0) is 4.79 Å². The molecule has 0 saturated carbocycles. The normalized spacial score (nSPS) is 10.4. The molecular weight excluding hydrogens is 350 g/mol. The molecule has 9 heteroatoms. The zero-order valence-corrected chi connectivity index (χ0v) is 12.6. The third-order valence-electron chi connectivity index (χ3n) is 2.39. The average molecular weight is 359 g/mol. The lowest BCUT2D eigenvalue weighted by Crippen LogP contribution is -2.38. The molecule has 0 unspecified atom stereocenters. The third kappa shape index (κ3) is 2.87. The largest absolute Gasteiger partial charge is 0.349 e. The van der Waals surface area contributed by atoms with Crippen LogP contribution in [-0.4, -0.2) is 20.9 Å². The van der Waals surface area contributed by atoms with E-state index in [9.17, 15) is 9.59 Å². The molecule has 0 radical (unpaired) electrons. The van der Waals surface area contributed by atoms with Crippen molar-refractivity contribution in [3.05, 3.63) is 38.2 Å². The van der Waals surface area contributed by atoms with Crippen LogP contribution in [0.3, 0.4) is 0 Å². The number of H-pyrrole nitrogens is 1. The predicted molar refractivity (Wildman–Crippen MR) is 78.1 cm³/mol. The van der Waals surface area contributed by atoms with Crippen molar-refractivity contribution in [3.8, 4) is 11.4 Å². The summed E-state index contributed by atoms with van der Waals surface area (Å²) >= 11 is 9.41. The summed E-state index contributed by atoms with van der Waals surface area (Å²) < 4.78 is 0.636. The number of nitrogens with one attached hydrogen (secondary N) is 1. The molecule has 7 nitrogen and oxygen atoms in total. The van der Waals surface area contributed by atoms with E-state index in [-0.39, 0.29) is 11.8 Å². The van der Waals surface area contributed by atoms with Gasteiger partial charge in [0.2, 0.25) is 5.91 Å². The zero-order valence-electron chi connectivity index (χ0n) is 10.2. The number of aromatic amines is 1. The fraction of sp³-hybridized carbons (Fsp3) is 0.0909. The van der Waals surface area contributed by atoms with E-state index in [1.165, 1.54) is 6.92 Å². The van der Waals surface area contributed by atoms with Gasteiger partial charge in [-0.2, -0.15) is 9.97 Å². The Kier molecular flexibility index (Phi) is 4.17. The van der Waals surface area contributed by atoms with Crippen molar-refractivity contribution < 1.29 is 4.79 Å². The van der Waals surface area contributed by atoms with Gasteiger partial charge in [0.15, 0.2) is 0 Å². The monoisotopic (exact) mass is 357 g/mol. The molecule has 0 aliphatic carbocycles. The van der Waals surface area contributed by atoms with Gasteiger partial charge in [-0.05, 0) is 28.1 Å². The van der Waals surface area contributed by atoms with Crippen LogP contribution in [0.1, 0.15) is 6.92 Å². The first kappa shape index (κ1) is 14.6.